The van der Waals surface area contributed by atoms with Gasteiger partial charge >= 0.3 is 0 Å². The van der Waals surface area contributed by atoms with Crippen LogP contribution < -0.4 is 14.2 Å². The van der Waals surface area contributed by atoms with Gasteiger partial charge in [0.15, 0.2) is 0 Å². The van der Waals surface area contributed by atoms with Gasteiger partial charge in [-0.15, -0.1) is 0 Å². The Kier molecular flexibility index (Phi) is 5.95. The van der Waals surface area contributed by atoms with Crippen LogP contribution in [0.1, 0.15) is 5.56 Å². The van der Waals surface area contributed by atoms with E-state index in [4.69, 9.17) is 9.47 Å². The number of rotatable bonds is 8. The maximum atomic E-state index is 13.4. The molecule has 2 aromatic rings. The molecule has 0 saturated carbocycles. The van der Waals surface area contributed by atoms with Gasteiger partial charge in [0.25, 0.3) is 0 Å². The highest BCUT2D eigenvalue weighted by Gasteiger charge is 2.11. The highest BCUT2D eigenvalue weighted by Crippen LogP contribution is 2.16. The molecule has 0 amide bonds. The van der Waals surface area contributed by atoms with Crippen molar-refractivity contribution >= 4 is 10.0 Å². The normalized spacial score (nSPS) is 11.2. The van der Waals surface area contributed by atoms with E-state index in [1.165, 1.54) is 12.1 Å². The first kappa shape index (κ1) is 17.2. The molecule has 0 unspecified atom stereocenters. The number of nitrogens with one attached hydrogen (secondary N) is 1. The summed E-state index contributed by atoms with van der Waals surface area (Å²) in [6, 6.07) is 12.9. The van der Waals surface area contributed by atoms with Gasteiger partial charge in [0.05, 0.1) is 12.9 Å². The fraction of sp³-hybridized carbons (Fsp3) is 0.250. The van der Waals surface area contributed by atoms with E-state index in [9.17, 15) is 12.8 Å². The summed E-state index contributed by atoms with van der Waals surface area (Å²) in [6.07, 6.45) is 0. The Morgan fingerprint density at radius 1 is 1.04 bits per heavy atom. The van der Waals surface area contributed by atoms with Gasteiger partial charge in [-0.3, -0.25) is 0 Å². The summed E-state index contributed by atoms with van der Waals surface area (Å²) in [5, 5.41) is 0. The third-order valence-corrected chi connectivity index (χ3v) is 4.41. The Balaban J connectivity index is 1.80. The largest absolute Gasteiger partial charge is 0.497 e. The van der Waals surface area contributed by atoms with Crippen LogP contribution in [0.5, 0.6) is 11.5 Å². The van der Waals surface area contributed by atoms with E-state index in [1.807, 2.05) is 0 Å². The summed E-state index contributed by atoms with van der Waals surface area (Å²) in [6.45, 7) is -0.0868. The van der Waals surface area contributed by atoms with Crippen LogP contribution in [-0.4, -0.2) is 27.9 Å². The van der Waals surface area contributed by atoms with Crippen molar-refractivity contribution in [2.45, 2.75) is 6.54 Å². The van der Waals surface area contributed by atoms with Crippen LogP contribution in [0.15, 0.2) is 48.5 Å². The third-order valence-electron chi connectivity index (χ3n) is 3.12. The molecule has 0 aliphatic carbocycles. The molecule has 5 nitrogen and oxygen atoms in total. The molecule has 23 heavy (non-hydrogen) atoms. The minimum atomic E-state index is -3.55. The van der Waals surface area contributed by atoms with Crippen molar-refractivity contribution in [1.29, 1.82) is 0 Å². The fourth-order valence-corrected chi connectivity index (χ4v) is 2.67. The summed E-state index contributed by atoms with van der Waals surface area (Å²) in [5.41, 5.74) is 0.298. The Morgan fingerprint density at radius 2 is 1.70 bits per heavy atom. The fourth-order valence-electron chi connectivity index (χ4n) is 1.84. The van der Waals surface area contributed by atoms with Crippen molar-refractivity contribution in [1.82, 2.24) is 4.72 Å². The SMILES string of the molecule is COc1ccc(OCCS(=O)(=O)NCc2ccccc2F)cc1. The average molecular weight is 339 g/mol. The molecule has 0 bridgehead atoms. The quantitative estimate of drug-likeness (QED) is 0.802. The van der Waals surface area contributed by atoms with Crippen LogP contribution in [0.4, 0.5) is 4.39 Å². The molecule has 0 heterocycles. The molecular formula is C16H18FNO4S. The van der Waals surface area contributed by atoms with Crippen molar-refractivity contribution in [3.05, 3.63) is 59.9 Å². The van der Waals surface area contributed by atoms with E-state index in [-0.39, 0.29) is 18.9 Å². The highest BCUT2D eigenvalue weighted by molar-refractivity contribution is 7.89. The van der Waals surface area contributed by atoms with Crippen LogP contribution in [-0.2, 0) is 16.6 Å². The number of hydrogen-bond acceptors (Lipinski definition) is 4. The second-order valence-corrected chi connectivity index (χ2v) is 6.68. The minimum Gasteiger partial charge on any atom is -0.497 e. The van der Waals surface area contributed by atoms with E-state index in [0.29, 0.717) is 17.1 Å². The number of sulfonamides is 1. The first-order valence-electron chi connectivity index (χ1n) is 6.98. The van der Waals surface area contributed by atoms with Crippen molar-refractivity contribution in [3.63, 3.8) is 0 Å². The Labute approximate surface area is 135 Å². The Morgan fingerprint density at radius 3 is 2.35 bits per heavy atom. The lowest BCUT2D eigenvalue weighted by atomic mass is 10.2. The first-order chi connectivity index (χ1) is 11.0. The Bertz CT molecular complexity index is 732. The van der Waals surface area contributed by atoms with Gasteiger partial charge < -0.3 is 9.47 Å². The van der Waals surface area contributed by atoms with Crippen LogP contribution in [0.3, 0.4) is 0 Å². The number of benzene rings is 2. The second-order valence-electron chi connectivity index (χ2n) is 4.76. The number of halogens is 1. The predicted molar refractivity (Wildman–Crippen MR) is 85.5 cm³/mol. The summed E-state index contributed by atoms with van der Waals surface area (Å²) in [5.74, 6) is 0.587. The lowest BCUT2D eigenvalue weighted by Gasteiger charge is -2.09. The summed E-state index contributed by atoms with van der Waals surface area (Å²) in [7, 11) is -1.99. The van der Waals surface area contributed by atoms with Crippen molar-refractivity contribution in [2.24, 2.45) is 0 Å². The maximum absolute atomic E-state index is 13.4. The molecule has 0 aliphatic rings. The van der Waals surface area contributed by atoms with Gasteiger partial charge in [0, 0.05) is 12.1 Å². The predicted octanol–water partition coefficient (Wildman–Crippen LogP) is 2.33. The molecule has 2 rings (SSSR count). The van der Waals surface area contributed by atoms with E-state index >= 15 is 0 Å². The number of methoxy groups -OCH3 is 1. The summed E-state index contributed by atoms with van der Waals surface area (Å²) in [4.78, 5) is 0. The molecule has 0 atom stereocenters. The molecule has 2 aromatic carbocycles. The molecule has 0 saturated heterocycles. The standard InChI is InChI=1S/C16H18FNO4S/c1-21-14-6-8-15(9-7-14)22-10-11-23(19,20)18-12-13-4-2-3-5-16(13)17/h2-9,18H,10-12H2,1H3. The zero-order valence-electron chi connectivity index (χ0n) is 12.7. The van der Waals surface area contributed by atoms with E-state index in [1.54, 1.807) is 43.5 Å². The lowest BCUT2D eigenvalue weighted by molar-refractivity contribution is 0.339. The van der Waals surface area contributed by atoms with E-state index in [0.717, 1.165) is 0 Å². The zero-order valence-corrected chi connectivity index (χ0v) is 13.5. The molecular weight excluding hydrogens is 321 g/mol. The van der Waals surface area contributed by atoms with E-state index < -0.39 is 15.8 Å². The number of hydrogen-bond donors (Lipinski definition) is 1. The van der Waals surface area contributed by atoms with Gasteiger partial charge in [-0.05, 0) is 30.3 Å². The van der Waals surface area contributed by atoms with Gasteiger partial charge in [-0.25, -0.2) is 17.5 Å². The summed E-state index contributed by atoms with van der Waals surface area (Å²) >= 11 is 0. The molecule has 124 valence electrons. The molecule has 0 spiro atoms. The highest BCUT2D eigenvalue weighted by atomic mass is 32.2. The molecule has 7 heteroatoms. The summed E-state index contributed by atoms with van der Waals surface area (Å²) < 4.78 is 49.9. The van der Waals surface area contributed by atoms with Crippen LogP contribution >= 0.6 is 0 Å². The molecule has 0 fully saturated rings. The van der Waals surface area contributed by atoms with Crippen LogP contribution in [0.25, 0.3) is 0 Å². The second kappa shape index (κ2) is 7.94. The topological polar surface area (TPSA) is 64.6 Å². The van der Waals surface area contributed by atoms with E-state index in [2.05, 4.69) is 4.72 Å². The monoisotopic (exact) mass is 339 g/mol. The molecule has 0 aromatic heterocycles. The first-order valence-corrected chi connectivity index (χ1v) is 8.63. The zero-order chi connectivity index (χ0) is 16.7. The van der Waals surface area contributed by atoms with Crippen molar-refractivity contribution in [2.75, 3.05) is 19.5 Å². The molecule has 1 N–H and O–H groups in total. The van der Waals surface area contributed by atoms with Gasteiger partial charge in [0.1, 0.15) is 23.9 Å². The molecule has 0 aliphatic heterocycles. The van der Waals surface area contributed by atoms with Crippen molar-refractivity contribution in [3.8, 4) is 11.5 Å². The maximum Gasteiger partial charge on any atom is 0.215 e. The number of ether oxygens (including phenoxy) is 2. The third kappa shape index (κ3) is 5.54. The van der Waals surface area contributed by atoms with Gasteiger partial charge in [-0.2, -0.15) is 0 Å². The minimum absolute atomic E-state index is 0.00106. The smallest absolute Gasteiger partial charge is 0.215 e. The average Bonchev–Trinajstić information content (AvgIpc) is 2.55. The van der Waals surface area contributed by atoms with Crippen LogP contribution in [0.2, 0.25) is 0 Å². The lowest BCUT2D eigenvalue weighted by Crippen LogP contribution is -2.29. The Hall–Kier alpha value is -2.12. The van der Waals surface area contributed by atoms with Gasteiger partial charge in [-0.1, -0.05) is 18.2 Å². The van der Waals surface area contributed by atoms with Gasteiger partial charge in [0.2, 0.25) is 10.0 Å². The molecule has 0 radical (unpaired) electrons. The van der Waals surface area contributed by atoms with Crippen molar-refractivity contribution < 1.29 is 22.3 Å². The van der Waals surface area contributed by atoms with Crippen LogP contribution in [0, 0.1) is 5.82 Å².